The molecule has 0 saturated carbocycles. The van der Waals surface area contributed by atoms with Gasteiger partial charge in [0.15, 0.2) is 0 Å². The fourth-order valence-electron chi connectivity index (χ4n) is 1.21. The summed E-state index contributed by atoms with van der Waals surface area (Å²) in [5, 5.41) is 12.0. The fourth-order valence-corrected chi connectivity index (χ4v) is 1.21. The van der Waals surface area contributed by atoms with Crippen LogP contribution in [0.3, 0.4) is 0 Å². The molecule has 0 fully saturated rings. The molecule has 1 heterocycles. The molecule has 0 spiro atoms. The Kier molecular flexibility index (Phi) is 5.38. The van der Waals surface area contributed by atoms with E-state index in [0.29, 0.717) is 13.0 Å². The summed E-state index contributed by atoms with van der Waals surface area (Å²) in [5.41, 5.74) is 1.09. The summed E-state index contributed by atoms with van der Waals surface area (Å²) < 4.78 is 5.40. The number of aliphatic hydroxyl groups excluding tert-OH is 1. The minimum atomic E-state index is 0.0952. The van der Waals surface area contributed by atoms with E-state index < -0.39 is 0 Å². The van der Waals surface area contributed by atoms with E-state index in [1.807, 2.05) is 12.1 Å². The van der Waals surface area contributed by atoms with Crippen LogP contribution in [0.25, 0.3) is 0 Å². The molecule has 0 amide bonds. The second-order valence-corrected chi connectivity index (χ2v) is 5.01. The molecule has 0 aromatic carbocycles. The zero-order valence-corrected chi connectivity index (χ0v) is 10.9. The molecule has 2 N–H and O–H groups in total. The molecule has 0 unspecified atom stereocenters. The quantitative estimate of drug-likeness (QED) is 0.741. The van der Waals surface area contributed by atoms with E-state index in [4.69, 9.17) is 9.84 Å². The van der Waals surface area contributed by atoms with Gasteiger partial charge in [-0.25, -0.2) is 0 Å². The molecule has 1 rings (SSSR count). The number of aliphatic hydroxyl groups is 1. The van der Waals surface area contributed by atoms with Crippen molar-refractivity contribution in [1.82, 2.24) is 10.3 Å². The highest BCUT2D eigenvalue weighted by Gasteiger charge is 2.08. The molecule has 4 heteroatoms. The summed E-state index contributed by atoms with van der Waals surface area (Å²) in [6.45, 7) is 7.80. The van der Waals surface area contributed by atoms with Crippen molar-refractivity contribution in [3.8, 4) is 5.75 Å². The Bertz CT molecular complexity index is 317. The Labute approximate surface area is 103 Å². The standard InChI is InChI=1S/C13H22N2O2/c1-13(2,3)15-9-11-5-6-12(10-14-11)17-8-4-7-16/h5-6,10,15-16H,4,7-9H2,1-3H3. The van der Waals surface area contributed by atoms with Crippen molar-refractivity contribution in [1.29, 1.82) is 0 Å². The van der Waals surface area contributed by atoms with Crippen molar-refractivity contribution in [2.75, 3.05) is 13.2 Å². The Hall–Kier alpha value is -1.13. The van der Waals surface area contributed by atoms with E-state index in [0.717, 1.165) is 18.0 Å². The van der Waals surface area contributed by atoms with Crippen LogP contribution in [-0.2, 0) is 6.54 Å². The van der Waals surface area contributed by atoms with Crippen molar-refractivity contribution in [2.45, 2.75) is 39.3 Å². The van der Waals surface area contributed by atoms with Gasteiger partial charge in [-0.15, -0.1) is 0 Å². The summed E-state index contributed by atoms with van der Waals surface area (Å²) in [6, 6.07) is 3.86. The zero-order chi connectivity index (χ0) is 12.7. The van der Waals surface area contributed by atoms with E-state index in [-0.39, 0.29) is 12.1 Å². The molecule has 0 saturated heterocycles. The smallest absolute Gasteiger partial charge is 0.137 e. The number of rotatable bonds is 6. The highest BCUT2D eigenvalue weighted by Crippen LogP contribution is 2.10. The van der Waals surface area contributed by atoms with Crippen molar-refractivity contribution in [2.24, 2.45) is 0 Å². The van der Waals surface area contributed by atoms with Crippen LogP contribution >= 0.6 is 0 Å². The molecular formula is C13H22N2O2. The maximum Gasteiger partial charge on any atom is 0.137 e. The van der Waals surface area contributed by atoms with E-state index in [2.05, 4.69) is 31.1 Å². The molecular weight excluding hydrogens is 216 g/mol. The van der Waals surface area contributed by atoms with E-state index in [9.17, 15) is 0 Å². The molecule has 0 aliphatic carbocycles. The second-order valence-electron chi connectivity index (χ2n) is 5.01. The maximum absolute atomic E-state index is 8.63. The van der Waals surface area contributed by atoms with Crippen LogP contribution in [-0.4, -0.2) is 28.8 Å². The zero-order valence-electron chi connectivity index (χ0n) is 10.9. The fraction of sp³-hybridized carbons (Fsp3) is 0.615. The lowest BCUT2D eigenvalue weighted by atomic mass is 10.1. The summed E-state index contributed by atoms with van der Waals surface area (Å²) in [4.78, 5) is 4.31. The normalized spacial score (nSPS) is 11.5. The number of pyridine rings is 1. The van der Waals surface area contributed by atoms with Crippen LogP contribution in [0.2, 0.25) is 0 Å². The van der Waals surface area contributed by atoms with Crippen LogP contribution in [0.15, 0.2) is 18.3 Å². The largest absolute Gasteiger partial charge is 0.492 e. The molecule has 96 valence electrons. The van der Waals surface area contributed by atoms with Crippen molar-refractivity contribution in [3.63, 3.8) is 0 Å². The van der Waals surface area contributed by atoms with Gasteiger partial charge in [0.1, 0.15) is 5.75 Å². The SMILES string of the molecule is CC(C)(C)NCc1ccc(OCCCO)cn1. The summed E-state index contributed by atoms with van der Waals surface area (Å²) in [6.07, 6.45) is 2.37. The first-order valence-corrected chi connectivity index (χ1v) is 5.95. The van der Waals surface area contributed by atoms with Crippen molar-refractivity contribution >= 4 is 0 Å². The second kappa shape index (κ2) is 6.57. The predicted molar refractivity (Wildman–Crippen MR) is 68.0 cm³/mol. The Balaban J connectivity index is 2.39. The first kappa shape index (κ1) is 13.9. The number of hydrogen-bond donors (Lipinski definition) is 2. The van der Waals surface area contributed by atoms with Gasteiger partial charge in [-0.3, -0.25) is 4.98 Å². The van der Waals surface area contributed by atoms with Crippen LogP contribution in [0.1, 0.15) is 32.9 Å². The minimum Gasteiger partial charge on any atom is -0.492 e. The third-order valence-corrected chi connectivity index (χ3v) is 2.17. The molecule has 17 heavy (non-hydrogen) atoms. The first-order valence-electron chi connectivity index (χ1n) is 5.95. The Morgan fingerprint density at radius 3 is 2.65 bits per heavy atom. The highest BCUT2D eigenvalue weighted by molar-refractivity contribution is 5.19. The van der Waals surface area contributed by atoms with Crippen LogP contribution in [0.5, 0.6) is 5.75 Å². The van der Waals surface area contributed by atoms with Gasteiger partial charge in [0.2, 0.25) is 0 Å². The van der Waals surface area contributed by atoms with E-state index in [1.54, 1.807) is 6.20 Å². The van der Waals surface area contributed by atoms with E-state index >= 15 is 0 Å². The van der Waals surface area contributed by atoms with Gasteiger partial charge in [0.05, 0.1) is 18.5 Å². The van der Waals surface area contributed by atoms with Crippen LogP contribution < -0.4 is 10.1 Å². The van der Waals surface area contributed by atoms with Crippen LogP contribution in [0.4, 0.5) is 0 Å². The molecule has 1 aromatic rings. The number of nitrogens with zero attached hydrogens (tertiary/aromatic N) is 1. The van der Waals surface area contributed by atoms with Gasteiger partial charge >= 0.3 is 0 Å². The maximum atomic E-state index is 8.63. The Morgan fingerprint density at radius 1 is 1.35 bits per heavy atom. The number of aromatic nitrogens is 1. The van der Waals surface area contributed by atoms with Gasteiger partial charge in [0.25, 0.3) is 0 Å². The average molecular weight is 238 g/mol. The number of hydrogen-bond acceptors (Lipinski definition) is 4. The summed E-state index contributed by atoms with van der Waals surface area (Å²) in [5.74, 6) is 0.748. The Morgan fingerprint density at radius 2 is 2.12 bits per heavy atom. The summed E-state index contributed by atoms with van der Waals surface area (Å²) in [7, 11) is 0. The van der Waals surface area contributed by atoms with Crippen molar-refractivity contribution < 1.29 is 9.84 Å². The van der Waals surface area contributed by atoms with Crippen LogP contribution in [0, 0.1) is 0 Å². The van der Waals surface area contributed by atoms with Gasteiger partial charge in [0, 0.05) is 25.1 Å². The molecule has 0 aliphatic rings. The lowest BCUT2D eigenvalue weighted by Crippen LogP contribution is -2.35. The lowest BCUT2D eigenvalue weighted by molar-refractivity contribution is 0.233. The summed E-state index contributed by atoms with van der Waals surface area (Å²) >= 11 is 0. The van der Waals surface area contributed by atoms with E-state index in [1.165, 1.54) is 0 Å². The molecule has 1 aromatic heterocycles. The van der Waals surface area contributed by atoms with Gasteiger partial charge in [-0.1, -0.05) is 0 Å². The van der Waals surface area contributed by atoms with Crippen molar-refractivity contribution in [3.05, 3.63) is 24.0 Å². The molecule has 0 bridgehead atoms. The molecule has 0 aliphatic heterocycles. The molecule has 0 atom stereocenters. The monoisotopic (exact) mass is 238 g/mol. The topological polar surface area (TPSA) is 54.4 Å². The van der Waals surface area contributed by atoms with Gasteiger partial charge in [-0.2, -0.15) is 0 Å². The van der Waals surface area contributed by atoms with Gasteiger partial charge in [-0.05, 0) is 32.9 Å². The third kappa shape index (κ3) is 6.24. The number of nitrogens with one attached hydrogen (secondary N) is 1. The third-order valence-electron chi connectivity index (χ3n) is 2.17. The lowest BCUT2D eigenvalue weighted by Gasteiger charge is -2.20. The highest BCUT2D eigenvalue weighted by atomic mass is 16.5. The van der Waals surface area contributed by atoms with Gasteiger partial charge < -0.3 is 15.2 Å². The first-order chi connectivity index (χ1) is 8.01. The molecule has 4 nitrogen and oxygen atoms in total. The minimum absolute atomic E-state index is 0.0952. The predicted octanol–water partition coefficient (Wildman–Crippen LogP) is 1.73. The average Bonchev–Trinajstić information content (AvgIpc) is 2.27. The molecule has 0 radical (unpaired) electrons. The number of ether oxygens (including phenoxy) is 1.